The second kappa shape index (κ2) is 6.54. The van der Waals surface area contributed by atoms with Crippen LogP contribution in [0, 0.1) is 11.7 Å². The van der Waals surface area contributed by atoms with Crippen molar-refractivity contribution in [3.05, 3.63) is 59.5 Å². The van der Waals surface area contributed by atoms with E-state index in [1.165, 1.54) is 23.3 Å². The molecule has 0 bridgehead atoms. The fraction of sp³-hybridized carbons (Fsp3) is 0.417. The van der Waals surface area contributed by atoms with Gasteiger partial charge in [-0.3, -0.25) is 4.79 Å². The summed E-state index contributed by atoms with van der Waals surface area (Å²) in [6, 6.07) is 11.1. The number of fused-ring (bicyclic) bond motifs is 4. The first-order valence-corrected chi connectivity index (χ1v) is 10.4. The number of benzene rings is 2. The summed E-state index contributed by atoms with van der Waals surface area (Å²) in [5.41, 5.74) is 4.90. The summed E-state index contributed by atoms with van der Waals surface area (Å²) in [4.78, 5) is 12.2. The molecule has 2 aliphatic rings. The minimum atomic E-state index is -0.239. The molecule has 1 aromatic heterocycles. The molecule has 2 aliphatic carbocycles. The number of nitrogens with zero attached hydrogens (tertiary/aromatic N) is 2. The number of halogens is 1. The Morgan fingerprint density at radius 2 is 2.04 bits per heavy atom. The second-order valence-corrected chi connectivity index (χ2v) is 8.44. The van der Waals surface area contributed by atoms with Gasteiger partial charge in [-0.15, -0.1) is 0 Å². The molecule has 5 rings (SSSR count). The monoisotopic (exact) mass is 376 g/mol. The topological polar surface area (TPSA) is 34.9 Å². The molecule has 1 heterocycles. The van der Waals surface area contributed by atoms with Crippen LogP contribution in [0.3, 0.4) is 0 Å². The van der Waals surface area contributed by atoms with E-state index in [1.807, 2.05) is 10.9 Å². The van der Waals surface area contributed by atoms with Crippen LogP contribution >= 0.6 is 0 Å². The van der Waals surface area contributed by atoms with Crippen LogP contribution in [0.15, 0.2) is 42.6 Å². The Kier molecular flexibility index (Phi) is 4.11. The minimum Gasteiger partial charge on any atom is -0.300 e. The molecular weight excluding hydrogens is 351 g/mol. The van der Waals surface area contributed by atoms with Gasteiger partial charge in [0.15, 0.2) is 0 Å². The molecule has 0 aliphatic heterocycles. The quantitative estimate of drug-likeness (QED) is 0.590. The lowest BCUT2D eigenvalue weighted by Gasteiger charge is -2.43. The van der Waals surface area contributed by atoms with Gasteiger partial charge in [-0.1, -0.05) is 6.92 Å². The van der Waals surface area contributed by atoms with Crippen molar-refractivity contribution >= 4 is 16.7 Å². The minimum absolute atomic E-state index is 0.117. The standard InChI is InChI=1S/C24H25FN2O/c1-2-24-11-10-21(28)14-18(24)5-3-4-16-13-23-17(12-22(16)24)15-26-27(23)20-8-6-19(25)7-9-20/h6-9,12-13,15,18H,2-5,10-11,14H2,1H3/t18-,24+/m1/s1. The van der Waals surface area contributed by atoms with Gasteiger partial charge in [-0.2, -0.15) is 5.10 Å². The zero-order chi connectivity index (χ0) is 19.3. The molecule has 0 N–H and O–H groups in total. The number of aryl methyl sites for hydroxylation is 1. The van der Waals surface area contributed by atoms with E-state index < -0.39 is 0 Å². The van der Waals surface area contributed by atoms with Crippen molar-refractivity contribution in [2.45, 2.75) is 57.3 Å². The molecule has 0 saturated heterocycles. The Labute approximate surface area is 164 Å². The van der Waals surface area contributed by atoms with E-state index in [-0.39, 0.29) is 11.2 Å². The van der Waals surface area contributed by atoms with E-state index in [0.717, 1.165) is 55.1 Å². The van der Waals surface area contributed by atoms with Crippen molar-refractivity contribution in [1.29, 1.82) is 0 Å². The summed E-state index contributed by atoms with van der Waals surface area (Å²) in [6.45, 7) is 2.28. The molecule has 144 valence electrons. The van der Waals surface area contributed by atoms with Crippen molar-refractivity contribution in [2.24, 2.45) is 5.92 Å². The third-order valence-corrected chi connectivity index (χ3v) is 7.14. The molecule has 4 heteroatoms. The average Bonchev–Trinajstić information content (AvgIpc) is 3.04. The van der Waals surface area contributed by atoms with Crippen molar-refractivity contribution in [3.63, 3.8) is 0 Å². The predicted molar refractivity (Wildman–Crippen MR) is 108 cm³/mol. The Bertz CT molecular complexity index is 1050. The van der Waals surface area contributed by atoms with Crippen molar-refractivity contribution in [1.82, 2.24) is 9.78 Å². The molecule has 3 nitrogen and oxygen atoms in total. The van der Waals surface area contributed by atoms with Crippen LogP contribution in [-0.2, 0) is 16.6 Å². The lowest BCUT2D eigenvalue weighted by atomic mass is 9.60. The van der Waals surface area contributed by atoms with Crippen LogP contribution in [-0.4, -0.2) is 15.6 Å². The zero-order valence-corrected chi connectivity index (χ0v) is 16.2. The third kappa shape index (κ3) is 2.61. The van der Waals surface area contributed by atoms with E-state index >= 15 is 0 Å². The lowest BCUT2D eigenvalue weighted by Crippen LogP contribution is -2.40. The number of carbonyl (C=O) groups is 1. The number of carbonyl (C=O) groups excluding carboxylic acids is 1. The largest absolute Gasteiger partial charge is 0.300 e. The molecular formula is C24H25FN2O. The van der Waals surface area contributed by atoms with Gasteiger partial charge < -0.3 is 0 Å². The molecule has 0 unspecified atom stereocenters. The second-order valence-electron chi connectivity index (χ2n) is 8.44. The van der Waals surface area contributed by atoms with Crippen LogP contribution in [0.1, 0.15) is 56.6 Å². The summed E-state index contributed by atoms with van der Waals surface area (Å²) in [5.74, 6) is 0.657. The van der Waals surface area contributed by atoms with Crippen LogP contribution in [0.4, 0.5) is 4.39 Å². The number of hydrogen-bond donors (Lipinski definition) is 0. The normalized spacial score (nSPS) is 24.6. The summed E-state index contributed by atoms with van der Waals surface area (Å²) < 4.78 is 15.2. The molecule has 2 atom stereocenters. The van der Waals surface area contributed by atoms with Crippen LogP contribution in [0.5, 0.6) is 0 Å². The van der Waals surface area contributed by atoms with Gasteiger partial charge in [0.05, 0.1) is 17.4 Å². The zero-order valence-electron chi connectivity index (χ0n) is 16.2. The first kappa shape index (κ1) is 17.6. The van der Waals surface area contributed by atoms with E-state index in [4.69, 9.17) is 0 Å². The molecule has 3 aromatic rings. The van der Waals surface area contributed by atoms with Gasteiger partial charge >= 0.3 is 0 Å². The summed E-state index contributed by atoms with van der Waals surface area (Å²) >= 11 is 0. The maximum atomic E-state index is 13.3. The van der Waals surface area contributed by atoms with Gasteiger partial charge in [-0.05, 0) is 91.0 Å². The molecule has 2 aromatic carbocycles. The fourth-order valence-corrected chi connectivity index (χ4v) is 5.64. The molecule has 0 amide bonds. The van der Waals surface area contributed by atoms with E-state index in [2.05, 4.69) is 24.2 Å². The maximum absolute atomic E-state index is 13.3. The molecule has 0 radical (unpaired) electrons. The maximum Gasteiger partial charge on any atom is 0.133 e. The third-order valence-electron chi connectivity index (χ3n) is 7.14. The van der Waals surface area contributed by atoms with Crippen molar-refractivity contribution in [2.75, 3.05) is 0 Å². The SMILES string of the molecule is CC[C@]12CCC(=O)C[C@H]1CCCc1cc3c(cnn3-c3ccc(F)cc3)cc12. The average molecular weight is 376 g/mol. The van der Waals surface area contributed by atoms with Crippen LogP contribution in [0.25, 0.3) is 16.6 Å². The Hall–Kier alpha value is -2.49. The smallest absolute Gasteiger partial charge is 0.133 e. The van der Waals surface area contributed by atoms with E-state index in [1.54, 1.807) is 12.1 Å². The number of rotatable bonds is 2. The highest BCUT2D eigenvalue weighted by molar-refractivity contribution is 5.84. The highest BCUT2D eigenvalue weighted by atomic mass is 19.1. The highest BCUT2D eigenvalue weighted by Crippen LogP contribution is 2.51. The van der Waals surface area contributed by atoms with Crippen LogP contribution in [0.2, 0.25) is 0 Å². The Morgan fingerprint density at radius 3 is 2.82 bits per heavy atom. The lowest BCUT2D eigenvalue weighted by molar-refractivity contribution is -0.123. The van der Waals surface area contributed by atoms with Gasteiger partial charge in [0.25, 0.3) is 0 Å². The number of Topliss-reactive ketones (excluding diaryl/α,β-unsaturated/α-hetero) is 1. The van der Waals surface area contributed by atoms with Gasteiger partial charge in [0.2, 0.25) is 0 Å². The summed E-state index contributed by atoms with van der Waals surface area (Å²) in [7, 11) is 0. The van der Waals surface area contributed by atoms with Gasteiger partial charge in [-0.25, -0.2) is 9.07 Å². The first-order chi connectivity index (χ1) is 13.6. The van der Waals surface area contributed by atoms with Gasteiger partial charge in [0, 0.05) is 18.2 Å². The van der Waals surface area contributed by atoms with Crippen LogP contribution < -0.4 is 0 Å². The van der Waals surface area contributed by atoms with E-state index in [0.29, 0.717) is 18.1 Å². The molecule has 0 spiro atoms. The molecule has 28 heavy (non-hydrogen) atoms. The predicted octanol–water partition coefficient (Wildman–Crippen LogP) is 5.52. The van der Waals surface area contributed by atoms with Gasteiger partial charge in [0.1, 0.15) is 11.6 Å². The summed E-state index contributed by atoms with van der Waals surface area (Å²) in [5, 5.41) is 5.71. The Morgan fingerprint density at radius 1 is 1.21 bits per heavy atom. The number of aromatic nitrogens is 2. The molecule has 1 fully saturated rings. The van der Waals surface area contributed by atoms with Crippen molar-refractivity contribution in [3.8, 4) is 5.69 Å². The van der Waals surface area contributed by atoms with Crippen molar-refractivity contribution < 1.29 is 9.18 Å². The highest BCUT2D eigenvalue weighted by Gasteiger charge is 2.45. The van der Waals surface area contributed by atoms with E-state index in [9.17, 15) is 9.18 Å². The molecule has 1 saturated carbocycles. The first-order valence-electron chi connectivity index (χ1n) is 10.4. The Balaban J connectivity index is 1.67. The number of ketones is 1. The summed E-state index contributed by atoms with van der Waals surface area (Å²) in [6.07, 6.45) is 8.71. The fourth-order valence-electron chi connectivity index (χ4n) is 5.64. The number of hydrogen-bond acceptors (Lipinski definition) is 2.